The van der Waals surface area contributed by atoms with E-state index in [9.17, 15) is 10.1 Å². The lowest BCUT2D eigenvalue weighted by Gasteiger charge is -2.45. The Morgan fingerprint density at radius 2 is 1.65 bits per heavy atom. The van der Waals surface area contributed by atoms with E-state index in [0.29, 0.717) is 5.56 Å². The fourth-order valence-electron chi connectivity index (χ4n) is 5.72. The largest absolute Gasteiger partial charge is 0.462 e. The van der Waals surface area contributed by atoms with Gasteiger partial charge in [0, 0.05) is 37.5 Å². The molecule has 0 amide bonds. The van der Waals surface area contributed by atoms with Crippen molar-refractivity contribution in [1.82, 2.24) is 4.90 Å². The average molecular weight is 452 g/mol. The molecule has 1 aliphatic heterocycles. The highest BCUT2D eigenvalue weighted by atomic mass is 16.5. The van der Waals surface area contributed by atoms with Crippen LogP contribution in [0.3, 0.4) is 0 Å². The molecule has 0 spiro atoms. The number of rotatable bonds is 4. The summed E-state index contributed by atoms with van der Waals surface area (Å²) in [4.78, 5) is 13.9. The van der Waals surface area contributed by atoms with E-state index in [1.165, 1.54) is 6.92 Å². The normalized spacial score (nSPS) is 21.9. The highest BCUT2D eigenvalue weighted by Crippen LogP contribution is 2.50. The number of carbonyl (C=O) groups excluding carboxylic acids is 1. The lowest BCUT2D eigenvalue weighted by molar-refractivity contribution is -0.149. The number of piperidine rings is 1. The molecule has 0 radical (unpaired) electrons. The first-order valence-corrected chi connectivity index (χ1v) is 12.0. The minimum atomic E-state index is -0.690. The van der Waals surface area contributed by atoms with E-state index in [1.807, 2.05) is 30.3 Å². The van der Waals surface area contributed by atoms with Gasteiger partial charge in [0.25, 0.3) is 0 Å². The van der Waals surface area contributed by atoms with Crippen LogP contribution in [0.1, 0.15) is 55.7 Å². The number of hydrogen-bond donors (Lipinski definition) is 0. The molecule has 1 aliphatic carbocycles. The van der Waals surface area contributed by atoms with Crippen LogP contribution in [0, 0.1) is 46.5 Å². The van der Waals surface area contributed by atoms with Crippen LogP contribution in [0.15, 0.2) is 54.6 Å². The summed E-state index contributed by atoms with van der Waals surface area (Å²) in [5.74, 6) is 3.07. The number of benzene rings is 2. The molecule has 4 rings (SSSR count). The minimum absolute atomic E-state index is 0.00918. The zero-order valence-corrected chi connectivity index (χ0v) is 19.5. The first kappa shape index (κ1) is 23.4. The Labute approximate surface area is 202 Å². The molecule has 2 aliphatic rings. The summed E-state index contributed by atoms with van der Waals surface area (Å²) in [6.07, 6.45) is 4.16. The van der Waals surface area contributed by atoms with Gasteiger partial charge >= 0.3 is 5.97 Å². The maximum absolute atomic E-state index is 11.8. The summed E-state index contributed by atoms with van der Waals surface area (Å²) in [6.45, 7) is 3.03. The number of nitrogens with zero attached hydrogens (tertiary/aromatic N) is 3. The molecule has 5 heteroatoms. The second-order valence-corrected chi connectivity index (χ2v) is 9.22. The molecular weight excluding hydrogens is 422 g/mol. The van der Waals surface area contributed by atoms with E-state index >= 15 is 0 Å². The Hall–Kier alpha value is -3.75. The van der Waals surface area contributed by atoms with Gasteiger partial charge in [0.05, 0.1) is 23.1 Å². The molecule has 0 N–H and O–H groups in total. The van der Waals surface area contributed by atoms with E-state index in [-0.39, 0.29) is 23.9 Å². The topological polar surface area (TPSA) is 77.1 Å². The number of hydrogen-bond acceptors (Lipinski definition) is 5. The molecule has 5 nitrogen and oxygen atoms in total. The second-order valence-electron chi connectivity index (χ2n) is 9.22. The predicted octanol–water partition coefficient (Wildman–Crippen LogP) is 4.77. The zero-order valence-electron chi connectivity index (χ0n) is 19.5. The summed E-state index contributed by atoms with van der Waals surface area (Å²) in [5.41, 5.74) is 1.85. The summed E-state index contributed by atoms with van der Waals surface area (Å²) >= 11 is 0. The highest BCUT2D eigenvalue weighted by molar-refractivity contribution is 5.66. The Morgan fingerprint density at radius 1 is 0.971 bits per heavy atom. The fraction of sp³-hybridized carbons (Fsp3) is 0.414. The van der Waals surface area contributed by atoms with Crippen molar-refractivity contribution in [2.24, 2.45) is 11.8 Å². The molecule has 2 fully saturated rings. The zero-order chi connectivity index (χ0) is 24.0. The number of likely N-dealkylation sites (tertiary alicyclic amines) is 1. The SMILES string of the molecule is CC(=O)O[C@H]1CCC[C@@H]1C(C#N)(c1ccccc1)C1CCN(C#Cc2ccc(C#N)cc2)CC1. The van der Waals surface area contributed by atoms with Crippen molar-refractivity contribution in [2.75, 3.05) is 13.1 Å². The maximum atomic E-state index is 11.8. The van der Waals surface area contributed by atoms with Crippen LogP contribution < -0.4 is 0 Å². The van der Waals surface area contributed by atoms with Crippen LogP contribution in [-0.2, 0) is 14.9 Å². The molecule has 0 aromatic heterocycles. The van der Waals surface area contributed by atoms with Crippen molar-refractivity contribution in [3.05, 3.63) is 71.3 Å². The van der Waals surface area contributed by atoms with Crippen molar-refractivity contribution < 1.29 is 9.53 Å². The monoisotopic (exact) mass is 451 g/mol. The van der Waals surface area contributed by atoms with Crippen LogP contribution >= 0.6 is 0 Å². The van der Waals surface area contributed by atoms with Crippen LogP contribution in [-0.4, -0.2) is 30.1 Å². The van der Waals surface area contributed by atoms with Crippen molar-refractivity contribution in [2.45, 2.75) is 50.5 Å². The van der Waals surface area contributed by atoms with E-state index < -0.39 is 5.41 Å². The summed E-state index contributed by atoms with van der Waals surface area (Å²) in [6, 6.07) is 25.5. The first-order valence-electron chi connectivity index (χ1n) is 12.0. The fourth-order valence-corrected chi connectivity index (χ4v) is 5.72. The lowest BCUT2D eigenvalue weighted by atomic mass is 9.59. The third kappa shape index (κ3) is 4.78. The van der Waals surface area contributed by atoms with Gasteiger partial charge in [0.15, 0.2) is 0 Å². The Morgan fingerprint density at radius 3 is 2.26 bits per heavy atom. The summed E-state index contributed by atoms with van der Waals surface area (Å²) in [7, 11) is 0. The summed E-state index contributed by atoms with van der Waals surface area (Å²) in [5, 5.41) is 19.7. The smallest absolute Gasteiger partial charge is 0.302 e. The Bertz CT molecular complexity index is 1140. The molecule has 1 heterocycles. The number of carbonyl (C=O) groups is 1. The quantitative estimate of drug-likeness (QED) is 0.494. The molecule has 34 heavy (non-hydrogen) atoms. The van der Waals surface area contributed by atoms with Gasteiger partial charge in [-0.2, -0.15) is 10.5 Å². The second kappa shape index (κ2) is 10.5. The van der Waals surface area contributed by atoms with Crippen LogP contribution in [0.5, 0.6) is 0 Å². The third-order valence-corrected chi connectivity index (χ3v) is 7.30. The molecule has 1 saturated heterocycles. The Balaban J connectivity index is 1.56. The van der Waals surface area contributed by atoms with Crippen LogP contribution in [0.25, 0.3) is 0 Å². The number of nitriles is 2. The van der Waals surface area contributed by atoms with Crippen molar-refractivity contribution in [1.29, 1.82) is 10.5 Å². The Kier molecular flexibility index (Phi) is 7.20. The molecule has 1 unspecified atom stereocenters. The standard InChI is InChI=1S/C29H29N3O2/c1-22(33)34-28-9-5-8-27(28)29(21-31,25-6-3-2-4-7-25)26-15-18-32(19-16-26)17-14-23-10-12-24(20-30)13-11-23/h2-4,6-7,10-13,26-28H,5,8-9,15-16,18-19H2,1H3/t27-,28-,29?/m0/s1. The number of ether oxygens (including phenoxy) is 1. The van der Waals surface area contributed by atoms with Gasteiger partial charge in [0.2, 0.25) is 0 Å². The van der Waals surface area contributed by atoms with Crippen molar-refractivity contribution in [3.63, 3.8) is 0 Å². The molecule has 0 bridgehead atoms. The first-order chi connectivity index (χ1) is 16.6. The van der Waals surface area contributed by atoms with Crippen molar-refractivity contribution >= 4 is 5.97 Å². The van der Waals surface area contributed by atoms with Gasteiger partial charge in [0.1, 0.15) is 6.10 Å². The van der Waals surface area contributed by atoms with Crippen molar-refractivity contribution in [3.8, 4) is 24.1 Å². The maximum Gasteiger partial charge on any atom is 0.302 e. The van der Waals surface area contributed by atoms with Gasteiger partial charge in [-0.1, -0.05) is 30.3 Å². The molecule has 2 aromatic carbocycles. The molecule has 3 atom stereocenters. The van der Waals surface area contributed by atoms with Gasteiger partial charge in [-0.25, -0.2) is 0 Å². The molecule has 172 valence electrons. The lowest BCUT2D eigenvalue weighted by Crippen LogP contribution is -2.49. The van der Waals surface area contributed by atoms with E-state index in [0.717, 1.165) is 56.3 Å². The van der Waals surface area contributed by atoms with Gasteiger partial charge in [-0.15, -0.1) is 0 Å². The molecule has 1 saturated carbocycles. The summed E-state index contributed by atoms with van der Waals surface area (Å²) < 4.78 is 5.73. The van der Waals surface area contributed by atoms with Gasteiger partial charge in [-0.3, -0.25) is 4.79 Å². The molecular formula is C29H29N3O2. The molecule has 2 aromatic rings. The van der Waals surface area contributed by atoms with Crippen LogP contribution in [0.4, 0.5) is 0 Å². The van der Waals surface area contributed by atoms with E-state index in [4.69, 9.17) is 10.00 Å². The predicted molar refractivity (Wildman–Crippen MR) is 129 cm³/mol. The van der Waals surface area contributed by atoms with E-state index in [2.05, 4.69) is 41.1 Å². The highest BCUT2D eigenvalue weighted by Gasteiger charge is 2.53. The minimum Gasteiger partial charge on any atom is -0.462 e. The van der Waals surface area contributed by atoms with Crippen LogP contribution in [0.2, 0.25) is 0 Å². The number of esters is 1. The van der Waals surface area contributed by atoms with E-state index in [1.54, 1.807) is 12.1 Å². The van der Waals surface area contributed by atoms with Gasteiger partial charge in [-0.05, 0) is 73.8 Å². The third-order valence-electron chi connectivity index (χ3n) is 7.30. The van der Waals surface area contributed by atoms with Gasteiger partial charge < -0.3 is 9.64 Å². The average Bonchev–Trinajstić information content (AvgIpc) is 3.33.